The van der Waals surface area contributed by atoms with Gasteiger partial charge in [0.1, 0.15) is 11.9 Å². The fourth-order valence-electron chi connectivity index (χ4n) is 3.56. The lowest BCUT2D eigenvalue weighted by Gasteiger charge is -2.31. The highest BCUT2D eigenvalue weighted by Gasteiger charge is 2.47. The van der Waals surface area contributed by atoms with Gasteiger partial charge in [-0.05, 0) is 18.9 Å². The third-order valence-corrected chi connectivity index (χ3v) is 4.52. The first-order chi connectivity index (χ1) is 10.1. The second-order valence-corrected chi connectivity index (χ2v) is 5.66. The van der Waals surface area contributed by atoms with E-state index in [1.807, 2.05) is 0 Å². The van der Waals surface area contributed by atoms with Crippen molar-refractivity contribution in [2.75, 3.05) is 0 Å². The van der Waals surface area contributed by atoms with Crippen molar-refractivity contribution in [3.63, 3.8) is 0 Å². The number of phenolic OH excluding ortho intramolecular Hbond substituents is 1. The third-order valence-electron chi connectivity index (χ3n) is 4.52. The summed E-state index contributed by atoms with van der Waals surface area (Å²) in [4.78, 5) is 36.8. The molecular formula is C16H12O5. The summed E-state index contributed by atoms with van der Waals surface area (Å²) in [5, 5.41) is 9.88. The maximum Gasteiger partial charge on any atom is 0.306 e. The Kier molecular flexibility index (Phi) is 2.37. The topological polar surface area (TPSA) is 80.7 Å². The molecule has 5 heteroatoms. The Morgan fingerprint density at radius 1 is 1.14 bits per heavy atom. The minimum absolute atomic E-state index is 0.0214. The monoisotopic (exact) mass is 284 g/mol. The number of aromatic hydroxyl groups is 1. The van der Waals surface area contributed by atoms with E-state index in [9.17, 15) is 19.5 Å². The molecule has 1 saturated heterocycles. The molecule has 21 heavy (non-hydrogen) atoms. The number of ether oxygens (including phenoxy) is 1. The van der Waals surface area contributed by atoms with Crippen LogP contribution < -0.4 is 0 Å². The molecule has 1 aromatic carbocycles. The van der Waals surface area contributed by atoms with E-state index < -0.39 is 6.10 Å². The Hall–Kier alpha value is -2.43. The van der Waals surface area contributed by atoms with Gasteiger partial charge in [0.2, 0.25) is 0 Å². The molecular weight excluding hydrogens is 272 g/mol. The van der Waals surface area contributed by atoms with Crippen LogP contribution in [0.1, 0.15) is 40.0 Å². The van der Waals surface area contributed by atoms with Crippen molar-refractivity contribution in [2.24, 2.45) is 5.92 Å². The molecule has 1 N–H and O–H groups in total. The van der Waals surface area contributed by atoms with Gasteiger partial charge in [0.05, 0.1) is 12.0 Å². The van der Waals surface area contributed by atoms with Crippen molar-refractivity contribution in [2.45, 2.75) is 25.4 Å². The summed E-state index contributed by atoms with van der Waals surface area (Å²) in [6.45, 7) is 0. The standard InChI is InChI=1S/C16H12O5/c17-10-3-1-2-8-12(10)14(19)9-5-4-7-6-11(18)21-16(7)13(9)15(8)20/h1-3,7,16-17H,4-6H2. The second-order valence-electron chi connectivity index (χ2n) is 5.66. The van der Waals surface area contributed by atoms with Gasteiger partial charge < -0.3 is 9.84 Å². The average Bonchev–Trinajstić information content (AvgIpc) is 2.84. The number of fused-ring (bicyclic) bond motifs is 3. The van der Waals surface area contributed by atoms with Gasteiger partial charge in [-0.2, -0.15) is 0 Å². The smallest absolute Gasteiger partial charge is 0.306 e. The van der Waals surface area contributed by atoms with Gasteiger partial charge in [0.15, 0.2) is 11.6 Å². The van der Waals surface area contributed by atoms with E-state index in [-0.39, 0.29) is 40.3 Å². The fraction of sp³-hybridized carbons (Fsp3) is 0.312. The first kappa shape index (κ1) is 12.3. The summed E-state index contributed by atoms with van der Waals surface area (Å²) in [6, 6.07) is 4.46. The van der Waals surface area contributed by atoms with E-state index in [1.165, 1.54) is 18.2 Å². The molecule has 0 radical (unpaired) electrons. The zero-order chi connectivity index (χ0) is 14.7. The van der Waals surface area contributed by atoms with Crippen LogP contribution in [0.4, 0.5) is 0 Å². The molecule has 2 aliphatic carbocycles. The van der Waals surface area contributed by atoms with Crippen LogP contribution >= 0.6 is 0 Å². The number of benzene rings is 1. The van der Waals surface area contributed by atoms with Crippen LogP contribution in [0.2, 0.25) is 0 Å². The van der Waals surface area contributed by atoms with Gasteiger partial charge >= 0.3 is 5.97 Å². The van der Waals surface area contributed by atoms with Crippen molar-refractivity contribution in [3.05, 3.63) is 40.5 Å². The van der Waals surface area contributed by atoms with Crippen LogP contribution in [0, 0.1) is 5.92 Å². The summed E-state index contributed by atoms with van der Waals surface area (Å²) >= 11 is 0. The largest absolute Gasteiger partial charge is 0.507 e. The predicted molar refractivity (Wildman–Crippen MR) is 71.0 cm³/mol. The number of esters is 1. The second kappa shape index (κ2) is 4.04. The third kappa shape index (κ3) is 1.54. The number of hydrogen-bond acceptors (Lipinski definition) is 5. The molecule has 106 valence electrons. The number of Topliss-reactive ketones (excluding diaryl/α,β-unsaturated/α-hetero) is 2. The molecule has 1 heterocycles. The maximum absolute atomic E-state index is 12.7. The van der Waals surface area contributed by atoms with Gasteiger partial charge in [0, 0.05) is 22.6 Å². The lowest BCUT2D eigenvalue weighted by Crippen LogP contribution is -2.35. The highest BCUT2D eigenvalue weighted by Crippen LogP contribution is 2.44. The first-order valence-electron chi connectivity index (χ1n) is 6.92. The number of carbonyl (C=O) groups excluding carboxylic acids is 3. The van der Waals surface area contributed by atoms with Crippen molar-refractivity contribution in [1.82, 2.24) is 0 Å². The van der Waals surface area contributed by atoms with E-state index in [0.717, 1.165) is 0 Å². The Bertz CT molecular complexity index is 743. The number of allylic oxidation sites excluding steroid dienone is 1. The summed E-state index contributed by atoms with van der Waals surface area (Å²) < 4.78 is 5.27. The van der Waals surface area contributed by atoms with Crippen LogP contribution in [-0.4, -0.2) is 28.7 Å². The Labute approximate surface area is 120 Å². The van der Waals surface area contributed by atoms with Crippen LogP contribution in [0.15, 0.2) is 29.3 Å². The SMILES string of the molecule is O=C1CC2CCC3=C(C(=O)c4cccc(O)c4C3=O)C2O1. The minimum Gasteiger partial charge on any atom is -0.507 e. The van der Waals surface area contributed by atoms with Gasteiger partial charge in [-0.15, -0.1) is 0 Å². The van der Waals surface area contributed by atoms with Gasteiger partial charge in [-0.1, -0.05) is 12.1 Å². The van der Waals surface area contributed by atoms with E-state index in [4.69, 9.17) is 4.74 Å². The zero-order valence-corrected chi connectivity index (χ0v) is 11.1. The lowest BCUT2D eigenvalue weighted by molar-refractivity contribution is -0.140. The van der Waals surface area contributed by atoms with Crippen molar-refractivity contribution in [3.8, 4) is 5.75 Å². The summed E-state index contributed by atoms with van der Waals surface area (Å²) in [6.07, 6.45) is 0.798. The lowest BCUT2D eigenvalue weighted by atomic mass is 9.72. The molecule has 0 aromatic heterocycles. The van der Waals surface area contributed by atoms with Crippen LogP contribution in [0.25, 0.3) is 0 Å². The molecule has 0 saturated carbocycles. The van der Waals surface area contributed by atoms with Gasteiger partial charge in [-0.25, -0.2) is 0 Å². The molecule has 1 aliphatic heterocycles. The molecule has 2 atom stereocenters. The highest BCUT2D eigenvalue weighted by atomic mass is 16.6. The van der Waals surface area contributed by atoms with E-state index in [2.05, 4.69) is 0 Å². The molecule has 1 fully saturated rings. The maximum atomic E-state index is 12.7. The van der Waals surface area contributed by atoms with Crippen molar-refractivity contribution >= 4 is 17.5 Å². The Morgan fingerprint density at radius 2 is 1.95 bits per heavy atom. The highest BCUT2D eigenvalue weighted by molar-refractivity contribution is 6.28. The molecule has 0 spiro atoms. The van der Waals surface area contributed by atoms with Crippen LogP contribution in [0.5, 0.6) is 5.75 Å². The quantitative estimate of drug-likeness (QED) is 0.735. The zero-order valence-electron chi connectivity index (χ0n) is 11.1. The van der Waals surface area contributed by atoms with E-state index >= 15 is 0 Å². The Morgan fingerprint density at radius 3 is 2.76 bits per heavy atom. The fourth-order valence-corrected chi connectivity index (χ4v) is 3.56. The number of hydrogen-bond donors (Lipinski definition) is 1. The molecule has 0 bridgehead atoms. The van der Waals surface area contributed by atoms with Gasteiger partial charge in [0.25, 0.3) is 0 Å². The van der Waals surface area contributed by atoms with Crippen molar-refractivity contribution in [1.29, 1.82) is 0 Å². The summed E-state index contributed by atoms with van der Waals surface area (Å²) in [5.41, 5.74) is 0.983. The number of rotatable bonds is 0. The van der Waals surface area contributed by atoms with E-state index in [0.29, 0.717) is 30.4 Å². The number of phenols is 1. The van der Waals surface area contributed by atoms with Gasteiger partial charge in [-0.3, -0.25) is 14.4 Å². The summed E-state index contributed by atoms with van der Waals surface area (Å²) in [5.74, 6) is -1.14. The number of ketones is 2. The Balaban J connectivity index is 1.91. The molecule has 2 unspecified atom stereocenters. The summed E-state index contributed by atoms with van der Waals surface area (Å²) in [7, 11) is 0. The van der Waals surface area contributed by atoms with Crippen LogP contribution in [0.3, 0.4) is 0 Å². The normalized spacial score (nSPS) is 27.1. The molecule has 1 aromatic rings. The molecule has 3 aliphatic rings. The first-order valence-corrected chi connectivity index (χ1v) is 6.92. The number of carbonyl (C=O) groups is 3. The molecule has 0 amide bonds. The molecule has 4 rings (SSSR count). The average molecular weight is 284 g/mol. The molecule has 5 nitrogen and oxygen atoms in total. The predicted octanol–water partition coefficient (Wildman–Crippen LogP) is 1.79. The van der Waals surface area contributed by atoms with E-state index in [1.54, 1.807) is 0 Å². The minimum atomic E-state index is -0.604. The van der Waals surface area contributed by atoms with Crippen LogP contribution in [-0.2, 0) is 9.53 Å². The van der Waals surface area contributed by atoms with Crippen molar-refractivity contribution < 1.29 is 24.2 Å².